The molecular formula is C19H16FN7. The van der Waals surface area contributed by atoms with Gasteiger partial charge in [-0.3, -0.25) is 10.4 Å². The molecule has 4 aromatic rings. The lowest BCUT2D eigenvalue weighted by Crippen LogP contribution is -2.01. The standard InChI is InChI=1S/C19H16FN7/c20-10-13-1-3-14(4-2-13)11-23-25-18-9-16(21)19-24-17(12-27(19)26-18)15-5-7-22-8-6-15/h1-9,11-12H,10,21H2,(H,25,26)/b23-11+. The number of hydrogen-bond donors (Lipinski definition) is 2. The third-order valence-corrected chi connectivity index (χ3v) is 3.96. The Kier molecular flexibility index (Phi) is 4.44. The van der Waals surface area contributed by atoms with E-state index in [2.05, 4.69) is 25.6 Å². The highest BCUT2D eigenvalue weighted by molar-refractivity contribution is 5.80. The normalized spacial score (nSPS) is 11.3. The molecular weight excluding hydrogens is 345 g/mol. The van der Waals surface area contributed by atoms with Gasteiger partial charge in [-0.2, -0.15) is 5.10 Å². The van der Waals surface area contributed by atoms with E-state index < -0.39 is 6.67 Å². The zero-order chi connectivity index (χ0) is 18.6. The second-order valence-corrected chi connectivity index (χ2v) is 5.86. The van der Waals surface area contributed by atoms with E-state index in [4.69, 9.17) is 5.73 Å². The lowest BCUT2D eigenvalue weighted by Gasteiger charge is -2.02. The number of hydrogen-bond acceptors (Lipinski definition) is 6. The van der Waals surface area contributed by atoms with Crippen molar-refractivity contribution in [3.63, 3.8) is 0 Å². The molecule has 0 unspecified atom stereocenters. The van der Waals surface area contributed by atoms with Gasteiger partial charge < -0.3 is 5.73 Å². The molecule has 4 rings (SSSR count). The predicted octanol–water partition coefficient (Wildman–Crippen LogP) is 3.29. The van der Waals surface area contributed by atoms with Crippen LogP contribution in [0.25, 0.3) is 16.9 Å². The smallest absolute Gasteiger partial charge is 0.177 e. The SMILES string of the molecule is Nc1cc(N/N=C/c2ccc(CF)cc2)nn2cc(-c3ccncc3)nc12. The molecule has 0 amide bonds. The zero-order valence-corrected chi connectivity index (χ0v) is 14.2. The van der Waals surface area contributed by atoms with Crippen molar-refractivity contribution in [2.45, 2.75) is 6.67 Å². The Hall–Kier alpha value is -3.81. The average molecular weight is 361 g/mol. The first-order valence-electron chi connectivity index (χ1n) is 8.23. The van der Waals surface area contributed by atoms with E-state index in [1.165, 1.54) is 0 Å². The van der Waals surface area contributed by atoms with Gasteiger partial charge in [0, 0.05) is 24.0 Å². The summed E-state index contributed by atoms with van der Waals surface area (Å²) in [4.78, 5) is 8.52. The summed E-state index contributed by atoms with van der Waals surface area (Å²) in [7, 11) is 0. The number of nitrogens with two attached hydrogens (primary N) is 1. The maximum absolute atomic E-state index is 12.5. The van der Waals surface area contributed by atoms with Gasteiger partial charge >= 0.3 is 0 Å². The Morgan fingerprint density at radius 1 is 1.15 bits per heavy atom. The van der Waals surface area contributed by atoms with Crippen molar-refractivity contribution in [3.05, 3.63) is 72.2 Å². The van der Waals surface area contributed by atoms with Crippen molar-refractivity contribution in [2.75, 3.05) is 11.2 Å². The van der Waals surface area contributed by atoms with Crippen LogP contribution in [-0.2, 0) is 6.67 Å². The number of imidazole rings is 1. The Labute approximate surface area is 154 Å². The van der Waals surface area contributed by atoms with Gasteiger partial charge in [0.2, 0.25) is 0 Å². The van der Waals surface area contributed by atoms with Crippen LogP contribution in [0.15, 0.2) is 66.2 Å². The van der Waals surface area contributed by atoms with Gasteiger partial charge in [-0.15, -0.1) is 5.10 Å². The Morgan fingerprint density at radius 2 is 1.93 bits per heavy atom. The second-order valence-electron chi connectivity index (χ2n) is 5.86. The van der Waals surface area contributed by atoms with Crippen molar-refractivity contribution in [2.24, 2.45) is 5.10 Å². The van der Waals surface area contributed by atoms with E-state index >= 15 is 0 Å². The molecule has 0 saturated carbocycles. The summed E-state index contributed by atoms with van der Waals surface area (Å²) in [5.41, 5.74) is 13.2. The lowest BCUT2D eigenvalue weighted by molar-refractivity contribution is 0.485. The molecule has 0 saturated heterocycles. The van der Waals surface area contributed by atoms with E-state index in [1.807, 2.05) is 12.1 Å². The van der Waals surface area contributed by atoms with Gasteiger partial charge in [0.25, 0.3) is 0 Å². The molecule has 27 heavy (non-hydrogen) atoms. The van der Waals surface area contributed by atoms with Crippen LogP contribution in [0.2, 0.25) is 0 Å². The van der Waals surface area contributed by atoms with Gasteiger partial charge in [-0.05, 0) is 23.3 Å². The van der Waals surface area contributed by atoms with Crippen molar-refractivity contribution < 1.29 is 4.39 Å². The number of nitrogens with one attached hydrogen (secondary N) is 1. The monoisotopic (exact) mass is 361 g/mol. The molecule has 0 aliphatic carbocycles. The fourth-order valence-electron chi connectivity index (χ4n) is 2.58. The first-order chi connectivity index (χ1) is 13.2. The second kappa shape index (κ2) is 7.20. The number of fused-ring (bicyclic) bond motifs is 1. The minimum absolute atomic E-state index is 0.481. The quantitative estimate of drug-likeness (QED) is 0.420. The molecule has 1 aromatic carbocycles. The Morgan fingerprint density at radius 3 is 2.67 bits per heavy atom. The molecule has 0 fully saturated rings. The van der Waals surface area contributed by atoms with Crippen LogP contribution in [-0.4, -0.2) is 25.8 Å². The topological polar surface area (TPSA) is 93.5 Å². The van der Waals surface area contributed by atoms with Gasteiger partial charge in [-0.25, -0.2) is 13.9 Å². The number of anilines is 2. The summed E-state index contributed by atoms with van der Waals surface area (Å²) in [5.74, 6) is 0.482. The molecule has 134 valence electrons. The zero-order valence-electron chi connectivity index (χ0n) is 14.2. The highest BCUT2D eigenvalue weighted by atomic mass is 19.1. The Bertz CT molecular complexity index is 1090. The summed E-state index contributed by atoms with van der Waals surface area (Å²) in [6, 6.07) is 12.4. The molecule has 3 aromatic heterocycles. The maximum atomic E-state index is 12.5. The number of halogens is 1. The fraction of sp³-hybridized carbons (Fsp3) is 0.0526. The minimum atomic E-state index is -0.481. The largest absolute Gasteiger partial charge is 0.396 e. The first-order valence-corrected chi connectivity index (χ1v) is 8.23. The number of alkyl halides is 1. The van der Waals surface area contributed by atoms with Crippen molar-refractivity contribution in [3.8, 4) is 11.3 Å². The van der Waals surface area contributed by atoms with E-state index in [9.17, 15) is 4.39 Å². The average Bonchev–Trinajstić information content (AvgIpc) is 3.14. The van der Waals surface area contributed by atoms with Crippen LogP contribution in [0.1, 0.15) is 11.1 Å². The molecule has 7 nitrogen and oxygen atoms in total. The number of hydrazone groups is 1. The van der Waals surface area contributed by atoms with Gasteiger partial charge in [0.05, 0.1) is 23.8 Å². The molecule has 3 N–H and O–H groups in total. The van der Waals surface area contributed by atoms with Gasteiger partial charge in [-0.1, -0.05) is 24.3 Å². The molecule has 0 aliphatic heterocycles. The van der Waals surface area contributed by atoms with E-state index in [-0.39, 0.29) is 0 Å². The molecule has 0 atom stereocenters. The predicted molar refractivity (Wildman–Crippen MR) is 103 cm³/mol. The summed E-state index contributed by atoms with van der Waals surface area (Å²) >= 11 is 0. The van der Waals surface area contributed by atoms with Crippen molar-refractivity contribution >= 4 is 23.4 Å². The van der Waals surface area contributed by atoms with Gasteiger partial charge in [0.1, 0.15) is 6.67 Å². The number of pyridine rings is 1. The van der Waals surface area contributed by atoms with Crippen molar-refractivity contribution in [1.82, 2.24) is 19.6 Å². The fourth-order valence-corrected chi connectivity index (χ4v) is 2.58. The van der Waals surface area contributed by atoms with Crippen LogP contribution in [0, 0.1) is 0 Å². The Balaban J connectivity index is 1.56. The summed E-state index contributed by atoms with van der Waals surface area (Å²) in [6.45, 7) is -0.481. The number of benzene rings is 1. The van der Waals surface area contributed by atoms with Crippen LogP contribution < -0.4 is 11.2 Å². The molecule has 3 heterocycles. The number of nitrogens with zero attached hydrogens (tertiary/aromatic N) is 5. The summed E-state index contributed by atoms with van der Waals surface area (Å²) in [5, 5.41) is 8.58. The van der Waals surface area contributed by atoms with Crippen LogP contribution in [0.4, 0.5) is 15.9 Å². The summed E-state index contributed by atoms with van der Waals surface area (Å²) < 4.78 is 14.1. The third kappa shape index (κ3) is 3.59. The van der Waals surface area contributed by atoms with Crippen LogP contribution >= 0.6 is 0 Å². The number of nitrogen functional groups attached to an aromatic ring is 1. The highest BCUT2D eigenvalue weighted by Gasteiger charge is 2.09. The van der Waals surface area contributed by atoms with E-state index in [1.54, 1.807) is 59.7 Å². The maximum Gasteiger partial charge on any atom is 0.177 e. The molecule has 0 spiro atoms. The molecule has 0 bridgehead atoms. The van der Waals surface area contributed by atoms with E-state index in [0.29, 0.717) is 22.7 Å². The molecule has 8 heteroatoms. The van der Waals surface area contributed by atoms with Crippen molar-refractivity contribution in [1.29, 1.82) is 0 Å². The van der Waals surface area contributed by atoms with Crippen LogP contribution in [0.5, 0.6) is 0 Å². The number of aromatic nitrogens is 4. The number of rotatable bonds is 5. The van der Waals surface area contributed by atoms with Crippen LogP contribution in [0.3, 0.4) is 0 Å². The highest BCUT2D eigenvalue weighted by Crippen LogP contribution is 2.22. The third-order valence-electron chi connectivity index (χ3n) is 3.96. The van der Waals surface area contributed by atoms with Gasteiger partial charge in [0.15, 0.2) is 11.5 Å². The minimum Gasteiger partial charge on any atom is -0.396 e. The molecule has 0 radical (unpaired) electrons. The lowest BCUT2D eigenvalue weighted by atomic mass is 10.2. The summed E-state index contributed by atoms with van der Waals surface area (Å²) in [6.07, 6.45) is 6.84. The first kappa shape index (κ1) is 16.6. The molecule has 0 aliphatic rings. The van der Waals surface area contributed by atoms with E-state index in [0.717, 1.165) is 16.8 Å².